The molecule has 0 unspecified atom stereocenters. The maximum absolute atomic E-state index is 14.6. The molecule has 1 saturated heterocycles. The molecule has 0 atom stereocenters. The van der Waals surface area contributed by atoms with Crippen molar-refractivity contribution in [3.05, 3.63) is 52.0 Å². The monoisotopic (exact) mass is 534 g/mol. The Bertz CT molecular complexity index is 1500. The van der Waals surface area contributed by atoms with Crippen molar-refractivity contribution in [1.82, 2.24) is 19.4 Å². The number of hydrogen-bond acceptors (Lipinski definition) is 8. The lowest BCUT2D eigenvalue weighted by Gasteiger charge is -2.36. The van der Waals surface area contributed by atoms with Crippen LogP contribution in [0.4, 0.5) is 28.2 Å². The van der Waals surface area contributed by atoms with Crippen LogP contribution in [0.1, 0.15) is 32.3 Å². The van der Waals surface area contributed by atoms with E-state index in [2.05, 4.69) is 9.97 Å². The van der Waals surface area contributed by atoms with Crippen LogP contribution in [0, 0.1) is 17.1 Å². The number of piperazine rings is 1. The van der Waals surface area contributed by atoms with Crippen molar-refractivity contribution < 1.29 is 32.2 Å². The number of halogens is 4. The molecule has 10 nitrogen and oxygen atoms in total. The van der Waals surface area contributed by atoms with Crippen molar-refractivity contribution in [2.45, 2.75) is 32.5 Å². The number of ether oxygens (including phenoxy) is 1. The van der Waals surface area contributed by atoms with Crippen LogP contribution >= 0.6 is 0 Å². The lowest BCUT2D eigenvalue weighted by molar-refractivity contribution is -0.142. The molecular formula is C24H22F4N6O4. The largest absolute Gasteiger partial charge is 0.506 e. The van der Waals surface area contributed by atoms with Crippen molar-refractivity contribution in [1.29, 1.82) is 5.26 Å². The van der Waals surface area contributed by atoms with E-state index < -0.39 is 57.7 Å². The highest BCUT2D eigenvalue weighted by atomic mass is 19.4. The number of alkyl halides is 3. The van der Waals surface area contributed by atoms with Gasteiger partial charge in [0.2, 0.25) is 5.82 Å². The summed E-state index contributed by atoms with van der Waals surface area (Å²) in [6.45, 7) is 5.61. The van der Waals surface area contributed by atoms with Crippen LogP contribution in [-0.2, 0) is 10.9 Å². The summed E-state index contributed by atoms with van der Waals surface area (Å²) >= 11 is 0. The Morgan fingerprint density at radius 1 is 1.13 bits per heavy atom. The molecule has 3 heterocycles. The molecule has 1 aromatic carbocycles. The number of carbonyl (C=O) groups is 1. The molecule has 2 aromatic heterocycles. The number of amides is 1. The minimum Gasteiger partial charge on any atom is -0.506 e. The van der Waals surface area contributed by atoms with E-state index in [1.807, 2.05) is 0 Å². The van der Waals surface area contributed by atoms with Gasteiger partial charge in [-0.15, -0.1) is 0 Å². The summed E-state index contributed by atoms with van der Waals surface area (Å²) < 4.78 is 62.4. The van der Waals surface area contributed by atoms with Crippen LogP contribution in [0.15, 0.2) is 29.1 Å². The Morgan fingerprint density at radius 3 is 2.34 bits per heavy atom. The number of nitrogens with zero attached hydrogens (tertiary/aromatic N) is 6. The summed E-state index contributed by atoms with van der Waals surface area (Å²) in [6, 6.07) is 5.06. The fourth-order valence-electron chi connectivity index (χ4n) is 4.04. The zero-order valence-electron chi connectivity index (χ0n) is 20.5. The summed E-state index contributed by atoms with van der Waals surface area (Å²) in [7, 11) is 0. The van der Waals surface area contributed by atoms with Gasteiger partial charge in [-0.05, 0) is 39.0 Å². The summed E-state index contributed by atoms with van der Waals surface area (Å²) in [5, 5.41) is 19.2. The van der Waals surface area contributed by atoms with Crippen molar-refractivity contribution in [3.63, 3.8) is 0 Å². The summed E-state index contributed by atoms with van der Waals surface area (Å²) in [4.78, 5) is 36.6. The number of phenols is 1. The molecule has 1 fully saturated rings. The molecule has 1 N–H and O–H groups in total. The maximum atomic E-state index is 14.6. The standard InChI is InChI=1S/C24H22F4N6O4/c1-23(2,3)38-22(37)33-9-7-32(8-10-33)20-13-11-16(24(26,27)28)34(19-14(25)5-4-6-15(19)35)21(36)18(13)30-17(12-29)31-20/h4-6,11,35H,7-10H2,1-3H3. The van der Waals surface area contributed by atoms with Crippen LogP contribution in [0.3, 0.4) is 0 Å². The van der Waals surface area contributed by atoms with E-state index in [-0.39, 0.29) is 42.0 Å². The molecule has 0 aliphatic carbocycles. The van der Waals surface area contributed by atoms with E-state index in [9.17, 15) is 37.5 Å². The van der Waals surface area contributed by atoms with Gasteiger partial charge in [-0.25, -0.2) is 19.2 Å². The molecule has 38 heavy (non-hydrogen) atoms. The predicted molar refractivity (Wildman–Crippen MR) is 126 cm³/mol. The third kappa shape index (κ3) is 5.04. The van der Waals surface area contributed by atoms with E-state index in [0.29, 0.717) is 6.07 Å². The van der Waals surface area contributed by atoms with Gasteiger partial charge in [0, 0.05) is 26.2 Å². The second kappa shape index (κ2) is 9.47. The lowest BCUT2D eigenvalue weighted by Crippen LogP contribution is -2.50. The first-order chi connectivity index (χ1) is 17.7. The average molecular weight is 534 g/mol. The van der Waals surface area contributed by atoms with Crippen LogP contribution in [0.5, 0.6) is 5.75 Å². The van der Waals surface area contributed by atoms with Gasteiger partial charge in [0.05, 0.1) is 5.39 Å². The molecule has 200 valence electrons. The van der Waals surface area contributed by atoms with Gasteiger partial charge in [0.1, 0.15) is 40.1 Å². The summed E-state index contributed by atoms with van der Waals surface area (Å²) in [5.41, 5.74) is -5.27. The van der Waals surface area contributed by atoms with Gasteiger partial charge in [-0.2, -0.15) is 18.4 Å². The summed E-state index contributed by atoms with van der Waals surface area (Å²) in [5.74, 6) is -2.79. The number of rotatable bonds is 2. The predicted octanol–water partition coefficient (Wildman–Crippen LogP) is 3.57. The molecule has 3 aromatic rings. The molecule has 1 amide bonds. The number of aromatic nitrogens is 3. The van der Waals surface area contributed by atoms with Gasteiger partial charge >= 0.3 is 12.3 Å². The second-order valence-electron chi connectivity index (χ2n) is 9.47. The molecule has 0 saturated carbocycles. The smallest absolute Gasteiger partial charge is 0.431 e. The van der Waals surface area contributed by atoms with Crippen LogP contribution in [0.25, 0.3) is 16.6 Å². The van der Waals surface area contributed by atoms with Gasteiger partial charge in [-0.3, -0.25) is 9.36 Å². The van der Waals surface area contributed by atoms with Crippen molar-refractivity contribution in [2.75, 3.05) is 31.1 Å². The molecule has 0 bridgehead atoms. The zero-order valence-corrected chi connectivity index (χ0v) is 20.5. The molecule has 0 spiro atoms. The molecule has 14 heteroatoms. The first kappa shape index (κ1) is 26.6. The molecule has 0 radical (unpaired) electrons. The average Bonchev–Trinajstić information content (AvgIpc) is 2.83. The SMILES string of the molecule is CC(C)(C)OC(=O)N1CCN(c2nc(C#N)nc3c(=O)n(-c4c(O)cccc4F)c(C(F)(F)F)cc23)CC1. The van der Waals surface area contributed by atoms with E-state index >= 15 is 0 Å². The van der Waals surface area contributed by atoms with Crippen LogP contribution in [0.2, 0.25) is 0 Å². The minimum atomic E-state index is -5.15. The number of hydrogen-bond donors (Lipinski definition) is 1. The molecule has 4 rings (SSSR count). The number of phenolic OH excluding ortho intramolecular Hbond substituents is 1. The van der Waals surface area contributed by atoms with Crippen LogP contribution < -0.4 is 10.5 Å². The topological polar surface area (TPSA) is 125 Å². The highest BCUT2D eigenvalue weighted by molar-refractivity contribution is 5.90. The number of aromatic hydroxyl groups is 1. The van der Waals surface area contributed by atoms with Crippen molar-refractivity contribution in [3.8, 4) is 17.5 Å². The Hall–Kier alpha value is -4.41. The summed E-state index contributed by atoms with van der Waals surface area (Å²) in [6.07, 6.45) is -5.71. The molecular weight excluding hydrogens is 512 g/mol. The fraction of sp³-hybridized carbons (Fsp3) is 0.375. The Kier molecular flexibility index (Phi) is 6.64. The maximum Gasteiger partial charge on any atom is 0.431 e. The van der Waals surface area contributed by atoms with Gasteiger partial charge in [0.15, 0.2) is 5.82 Å². The number of nitriles is 1. The quantitative estimate of drug-likeness (QED) is 0.495. The molecule has 1 aliphatic heterocycles. The first-order valence-electron chi connectivity index (χ1n) is 11.4. The van der Waals surface area contributed by atoms with Gasteiger partial charge in [-0.1, -0.05) is 6.07 Å². The number of para-hydroxylation sites is 1. The lowest BCUT2D eigenvalue weighted by atomic mass is 10.1. The third-order valence-corrected chi connectivity index (χ3v) is 5.66. The Balaban J connectivity index is 1.87. The van der Waals surface area contributed by atoms with Crippen LogP contribution in [-0.4, -0.2) is 62.4 Å². The normalized spacial score (nSPS) is 14.5. The number of pyridine rings is 1. The number of benzene rings is 1. The zero-order chi connectivity index (χ0) is 28.0. The van der Waals surface area contributed by atoms with E-state index in [0.717, 1.165) is 18.2 Å². The van der Waals surface area contributed by atoms with Gasteiger partial charge in [0.25, 0.3) is 5.56 Å². The third-order valence-electron chi connectivity index (χ3n) is 5.66. The van der Waals surface area contributed by atoms with Gasteiger partial charge < -0.3 is 19.6 Å². The highest BCUT2D eigenvalue weighted by Crippen LogP contribution is 2.36. The van der Waals surface area contributed by atoms with E-state index in [1.165, 1.54) is 9.80 Å². The Morgan fingerprint density at radius 2 is 1.79 bits per heavy atom. The first-order valence-corrected chi connectivity index (χ1v) is 11.4. The van der Waals surface area contributed by atoms with E-state index in [1.54, 1.807) is 26.8 Å². The van der Waals surface area contributed by atoms with Crippen molar-refractivity contribution >= 4 is 22.8 Å². The number of anilines is 1. The number of fused-ring (bicyclic) bond motifs is 1. The minimum absolute atomic E-state index is 0.00855. The number of carbonyl (C=O) groups excluding carboxylic acids is 1. The Labute approximate surface area is 213 Å². The second-order valence-corrected chi connectivity index (χ2v) is 9.47. The molecule has 1 aliphatic rings. The fourth-order valence-corrected chi connectivity index (χ4v) is 4.04. The highest BCUT2D eigenvalue weighted by Gasteiger charge is 2.38. The van der Waals surface area contributed by atoms with Crippen molar-refractivity contribution in [2.24, 2.45) is 0 Å². The van der Waals surface area contributed by atoms with E-state index in [4.69, 9.17) is 4.74 Å².